The van der Waals surface area contributed by atoms with Crippen LogP contribution in [0.5, 0.6) is 5.88 Å². The van der Waals surface area contributed by atoms with Crippen LogP contribution in [-0.2, 0) is 0 Å². The van der Waals surface area contributed by atoms with E-state index < -0.39 is 6.03 Å². The second-order valence-electron chi connectivity index (χ2n) is 5.32. The Kier molecular flexibility index (Phi) is 4.99. The van der Waals surface area contributed by atoms with Crippen molar-refractivity contribution < 1.29 is 14.7 Å². The number of amides is 2. The van der Waals surface area contributed by atoms with Crippen LogP contribution in [0, 0.1) is 0 Å². The summed E-state index contributed by atoms with van der Waals surface area (Å²) in [6.45, 7) is 1.33. The highest BCUT2D eigenvalue weighted by Gasteiger charge is 2.18. The second kappa shape index (κ2) is 7.36. The first kappa shape index (κ1) is 17.6. The number of hydrogen-bond donors (Lipinski definition) is 3. The van der Waals surface area contributed by atoms with Crippen LogP contribution in [0.25, 0.3) is 10.9 Å². The highest BCUT2D eigenvalue weighted by Crippen LogP contribution is 2.38. The predicted molar refractivity (Wildman–Crippen MR) is 101 cm³/mol. The number of hydrogen-bond acceptors (Lipinski definition) is 5. The summed E-state index contributed by atoms with van der Waals surface area (Å²) in [4.78, 5) is 23.6. The van der Waals surface area contributed by atoms with Gasteiger partial charge >= 0.3 is 6.03 Å². The number of urea groups is 1. The molecule has 1 heterocycles. The van der Waals surface area contributed by atoms with Crippen molar-refractivity contribution in [1.29, 1.82) is 0 Å². The number of fused-ring (bicyclic) bond motifs is 1. The van der Waals surface area contributed by atoms with Gasteiger partial charge in [-0.05, 0) is 30.3 Å². The monoisotopic (exact) mass is 415 g/mol. The van der Waals surface area contributed by atoms with Crippen molar-refractivity contribution in [2.24, 2.45) is 10.3 Å². The number of para-hydroxylation sites is 1. The zero-order valence-electron chi connectivity index (χ0n) is 13.6. The Balaban J connectivity index is 1.78. The van der Waals surface area contributed by atoms with Gasteiger partial charge in [0.2, 0.25) is 11.8 Å². The minimum absolute atomic E-state index is 0.0970. The highest BCUT2D eigenvalue weighted by atomic mass is 79.9. The molecule has 0 aliphatic heterocycles. The maximum absolute atomic E-state index is 11.8. The number of nitrogens with zero attached hydrogens (tertiary/aromatic N) is 3. The van der Waals surface area contributed by atoms with Crippen LogP contribution in [0.2, 0.25) is 0 Å². The SMILES string of the molecule is CC(=O)n1c(O)c(N=NNC(=O)Nc2ccc(Br)cc2)c2ccccc21. The minimum atomic E-state index is -0.592. The lowest BCUT2D eigenvalue weighted by molar-refractivity contribution is 0.0933. The molecule has 8 nitrogen and oxygen atoms in total. The van der Waals surface area contributed by atoms with E-state index in [1.54, 1.807) is 48.5 Å². The number of anilines is 1. The number of carbonyl (C=O) groups excluding carboxylic acids is 2. The summed E-state index contributed by atoms with van der Waals surface area (Å²) in [5.74, 6) is -0.696. The van der Waals surface area contributed by atoms with Crippen LogP contribution in [-0.4, -0.2) is 21.6 Å². The molecule has 3 N–H and O–H groups in total. The van der Waals surface area contributed by atoms with Crippen LogP contribution >= 0.6 is 15.9 Å². The lowest BCUT2D eigenvalue weighted by Gasteiger charge is -2.03. The Morgan fingerprint density at radius 3 is 2.50 bits per heavy atom. The van der Waals surface area contributed by atoms with E-state index in [1.807, 2.05) is 0 Å². The third kappa shape index (κ3) is 3.57. The van der Waals surface area contributed by atoms with Gasteiger partial charge in [-0.1, -0.05) is 39.4 Å². The fourth-order valence-corrected chi connectivity index (χ4v) is 2.70. The molecule has 0 saturated carbocycles. The predicted octanol–water partition coefficient (Wildman–Crippen LogP) is 4.59. The Hall–Kier alpha value is -3.20. The van der Waals surface area contributed by atoms with E-state index in [4.69, 9.17) is 0 Å². The summed E-state index contributed by atoms with van der Waals surface area (Å²) < 4.78 is 2.02. The van der Waals surface area contributed by atoms with Gasteiger partial charge in [-0.25, -0.2) is 14.8 Å². The van der Waals surface area contributed by atoms with Crippen LogP contribution in [0.4, 0.5) is 16.2 Å². The largest absolute Gasteiger partial charge is 0.493 e. The molecule has 0 bridgehead atoms. The van der Waals surface area contributed by atoms with Crippen molar-refractivity contribution in [3.8, 4) is 5.88 Å². The average molecular weight is 416 g/mol. The number of nitrogens with one attached hydrogen (secondary N) is 2. The van der Waals surface area contributed by atoms with Crippen molar-refractivity contribution in [2.75, 3.05) is 5.32 Å². The quantitative estimate of drug-likeness (QED) is 0.429. The summed E-state index contributed by atoms with van der Waals surface area (Å²) in [6, 6.07) is 13.3. The molecule has 2 amide bonds. The van der Waals surface area contributed by atoms with E-state index in [9.17, 15) is 14.7 Å². The molecule has 2 aromatic carbocycles. The molecule has 0 atom stereocenters. The Morgan fingerprint density at radius 1 is 1.12 bits per heavy atom. The summed E-state index contributed by atoms with van der Waals surface area (Å²) in [6.07, 6.45) is 0. The molecule has 26 heavy (non-hydrogen) atoms. The molecule has 1 aromatic heterocycles. The molecule has 9 heteroatoms. The van der Waals surface area contributed by atoms with Gasteiger partial charge in [-0.2, -0.15) is 0 Å². The highest BCUT2D eigenvalue weighted by molar-refractivity contribution is 9.10. The standard InChI is InChI=1S/C17H14BrN5O3/c1-10(24)23-14-5-3-2-4-13(14)15(16(23)25)20-22-21-17(26)19-12-8-6-11(18)7-9-12/h2-9,25H,1H3,(H2,19,20,21,26). The minimum Gasteiger partial charge on any atom is -0.493 e. The third-order valence-electron chi connectivity index (χ3n) is 3.54. The molecule has 0 fully saturated rings. The Labute approximate surface area is 156 Å². The molecular weight excluding hydrogens is 402 g/mol. The molecule has 0 radical (unpaired) electrons. The van der Waals surface area contributed by atoms with Crippen molar-refractivity contribution in [2.45, 2.75) is 6.92 Å². The van der Waals surface area contributed by atoms with Gasteiger partial charge in [-0.15, -0.1) is 5.11 Å². The number of aromatic hydroxyl groups is 1. The zero-order chi connectivity index (χ0) is 18.7. The second-order valence-corrected chi connectivity index (χ2v) is 6.23. The maximum Gasteiger partial charge on any atom is 0.341 e. The van der Waals surface area contributed by atoms with Gasteiger partial charge in [0.15, 0.2) is 5.69 Å². The van der Waals surface area contributed by atoms with Gasteiger partial charge in [0.25, 0.3) is 0 Å². The number of carbonyl (C=O) groups is 2. The molecule has 0 spiro atoms. The zero-order valence-corrected chi connectivity index (χ0v) is 15.2. The van der Waals surface area contributed by atoms with Gasteiger partial charge in [0, 0.05) is 22.5 Å². The van der Waals surface area contributed by atoms with E-state index >= 15 is 0 Å². The molecule has 3 aromatic rings. The van der Waals surface area contributed by atoms with Crippen molar-refractivity contribution in [1.82, 2.24) is 9.99 Å². The third-order valence-corrected chi connectivity index (χ3v) is 4.07. The number of halogens is 1. The fourth-order valence-electron chi connectivity index (χ4n) is 2.44. The Bertz CT molecular complexity index is 1010. The van der Waals surface area contributed by atoms with E-state index in [-0.39, 0.29) is 17.5 Å². The molecule has 0 aliphatic rings. The Morgan fingerprint density at radius 2 is 1.81 bits per heavy atom. The van der Waals surface area contributed by atoms with E-state index in [1.165, 1.54) is 6.92 Å². The lowest BCUT2D eigenvalue weighted by atomic mass is 10.2. The molecule has 3 rings (SSSR count). The molecule has 0 aliphatic carbocycles. The molecular formula is C17H14BrN5O3. The van der Waals surface area contributed by atoms with Crippen molar-refractivity contribution >= 4 is 50.1 Å². The first-order valence-electron chi connectivity index (χ1n) is 7.54. The van der Waals surface area contributed by atoms with E-state index in [0.29, 0.717) is 16.6 Å². The maximum atomic E-state index is 11.8. The topological polar surface area (TPSA) is 108 Å². The van der Waals surface area contributed by atoms with Crippen molar-refractivity contribution in [3.05, 3.63) is 53.0 Å². The smallest absolute Gasteiger partial charge is 0.341 e. The van der Waals surface area contributed by atoms with Crippen LogP contribution in [0.1, 0.15) is 11.7 Å². The molecule has 0 unspecified atom stereocenters. The summed E-state index contributed by atoms with van der Waals surface area (Å²) >= 11 is 3.31. The summed E-state index contributed by atoms with van der Waals surface area (Å²) in [5, 5.41) is 20.9. The van der Waals surface area contributed by atoms with E-state index in [0.717, 1.165) is 9.04 Å². The number of aromatic nitrogens is 1. The fraction of sp³-hybridized carbons (Fsp3) is 0.0588. The van der Waals surface area contributed by atoms with Gasteiger partial charge in [-0.3, -0.25) is 4.79 Å². The van der Waals surface area contributed by atoms with Crippen LogP contribution in [0.3, 0.4) is 0 Å². The van der Waals surface area contributed by atoms with Crippen LogP contribution in [0.15, 0.2) is 63.3 Å². The molecule has 0 saturated heterocycles. The van der Waals surface area contributed by atoms with Crippen molar-refractivity contribution in [3.63, 3.8) is 0 Å². The van der Waals surface area contributed by atoms with Crippen LogP contribution < -0.4 is 10.7 Å². The van der Waals surface area contributed by atoms with Gasteiger partial charge in [0.1, 0.15) is 0 Å². The summed E-state index contributed by atoms with van der Waals surface area (Å²) in [5.41, 5.74) is 3.40. The normalized spacial score (nSPS) is 11.0. The lowest BCUT2D eigenvalue weighted by Crippen LogP contribution is -2.23. The summed E-state index contributed by atoms with van der Waals surface area (Å²) in [7, 11) is 0. The number of rotatable bonds is 3. The average Bonchev–Trinajstić information content (AvgIpc) is 2.89. The molecule has 132 valence electrons. The number of benzene rings is 2. The van der Waals surface area contributed by atoms with E-state index in [2.05, 4.69) is 37.0 Å². The van der Waals surface area contributed by atoms with Gasteiger partial charge in [0.05, 0.1) is 5.52 Å². The first-order valence-corrected chi connectivity index (χ1v) is 8.33. The van der Waals surface area contributed by atoms with Gasteiger partial charge < -0.3 is 10.4 Å². The first-order chi connectivity index (χ1) is 12.5.